The van der Waals surface area contributed by atoms with E-state index in [1.165, 1.54) is 0 Å². The van der Waals surface area contributed by atoms with E-state index in [9.17, 15) is 22.8 Å². The highest BCUT2D eigenvalue weighted by Gasteiger charge is 2.35. The van der Waals surface area contributed by atoms with Crippen molar-refractivity contribution in [3.63, 3.8) is 0 Å². The summed E-state index contributed by atoms with van der Waals surface area (Å²) in [6, 6.07) is 0. The maximum absolute atomic E-state index is 11.8. The molecule has 13 heavy (non-hydrogen) atoms. The van der Waals surface area contributed by atoms with Crippen molar-refractivity contribution < 1.29 is 22.8 Å². The van der Waals surface area contributed by atoms with E-state index >= 15 is 0 Å². The van der Waals surface area contributed by atoms with E-state index in [4.69, 9.17) is 11.6 Å². The van der Waals surface area contributed by atoms with Gasteiger partial charge in [0.15, 0.2) is 5.12 Å². The van der Waals surface area contributed by atoms with Gasteiger partial charge in [0, 0.05) is 6.92 Å². The van der Waals surface area contributed by atoms with Crippen LogP contribution in [0.25, 0.3) is 0 Å². The van der Waals surface area contributed by atoms with Gasteiger partial charge in [-0.05, 0) is 11.6 Å². The van der Waals surface area contributed by atoms with Gasteiger partial charge in [0.2, 0.25) is 5.24 Å². The zero-order valence-corrected chi connectivity index (χ0v) is 8.09. The van der Waals surface area contributed by atoms with Gasteiger partial charge in [-0.15, -0.1) is 0 Å². The Balaban J connectivity index is 4.27. The summed E-state index contributed by atoms with van der Waals surface area (Å²) in [5, 5.41) is -3.25. The first-order valence-electron chi connectivity index (χ1n) is 3.15. The molecule has 1 unspecified atom stereocenters. The van der Waals surface area contributed by atoms with E-state index < -0.39 is 28.2 Å². The lowest BCUT2D eigenvalue weighted by atomic mass is 10.3. The van der Waals surface area contributed by atoms with Crippen molar-refractivity contribution in [1.29, 1.82) is 0 Å². The number of carbonyl (C=O) groups excluding carboxylic acids is 2. The Labute approximate surface area is 81.8 Å². The highest BCUT2D eigenvalue weighted by molar-refractivity contribution is 8.14. The Morgan fingerprint density at radius 2 is 1.92 bits per heavy atom. The number of thioether (sulfide) groups is 1. The molecule has 0 N–H and O–H groups in total. The van der Waals surface area contributed by atoms with E-state index in [-0.39, 0.29) is 0 Å². The predicted molar refractivity (Wildman–Crippen MR) is 43.6 cm³/mol. The second kappa shape index (κ2) is 4.85. The van der Waals surface area contributed by atoms with E-state index in [1.807, 2.05) is 0 Å². The molecule has 0 radical (unpaired) electrons. The largest absolute Gasteiger partial charge is 0.390 e. The molecule has 0 aromatic rings. The summed E-state index contributed by atoms with van der Waals surface area (Å²) in [5.41, 5.74) is 0. The average Bonchev–Trinajstić information content (AvgIpc) is 1.81. The Morgan fingerprint density at radius 1 is 1.46 bits per heavy atom. The van der Waals surface area contributed by atoms with Gasteiger partial charge in [-0.2, -0.15) is 13.2 Å². The molecule has 0 aliphatic heterocycles. The van der Waals surface area contributed by atoms with Gasteiger partial charge in [0.1, 0.15) is 0 Å². The fourth-order valence-corrected chi connectivity index (χ4v) is 1.56. The minimum absolute atomic E-state index is 0.294. The monoisotopic (exact) mass is 234 g/mol. The first-order valence-corrected chi connectivity index (χ1v) is 4.41. The summed E-state index contributed by atoms with van der Waals surface area (Å²) < 4.78 is 35.3. The van der Waals surface area contributed by atoms with Crippen molar-refractivity contribution in [3.05, 3.63) is 0 Å². The number of hydrogen-bond acceptors (Lipinski definition) is 3. The van der Waals surface area contributed by atoms with Gasteiger partial charge >= 0.3 is 6.18 Å². The number of carbonyl (C=O) groups is 2. The normalized spacial score (nSPS) is 13.9. The van der Waals surface area contributed by atoms with Crippen molar-refractivity contribution in [2.24, 2.45) is 0 Å². The Kier molecular flexibility index (Phi) is 4.77. The Bertz CT molecular complexity index is 216. The third-order valence-electron chi connectivity index (χ3n) is 0.978. The maximum atomic E-state index is 11.8. The van der Waals surface area contributed by atoms with Crippen LogP contribution >= 0.6 is 23.4 Å². The van der Waals surface area contributed by atoms with Gasteiger partial charge in [0.25, 0.3) is 0 Å². The van der Waals surface area contributed by atoms with Crippen LogP contribution in [0.15, 0.2) is 0 Å². The average molecular weight is 235 g/mol. The molecule has 1 atom stereocenters. The first-order chi connectivity index (χ1) is 5.72. The van der Waals surface area contributed by atoms with Crippen molar-refractivity contribution in [2.45, 2.75) is 24.8 Å². The molecule has 0 rings (SSSR count). The quantitative estimate of drug-likeness (QED) is 0.703. The summed E-state index contributed by atoms with van der Waals surface area (Å²) in [4.78, 5) is 20.9. The molecule has 0 aromatic heterocycles. The molecule has 0 spiro atoms. The van der Waals surface area contributed by atoms with E-state index in [0.717, 1.165) is 6.92 Å². The van der Waals surface area contributed by atoms with Crippen molar-refractivity contribution in [3.8, 4) is 0 Å². The van der Waals surface area contributed by atoms with Gasteiger partial charge in [0.05, 0.1) is 11.7 Å². The minimum Gasteiger partial charge on any atom is -0.288 e. The van der Waals surface area contributed by atoms with Crippen LogP contribution in [0.3, 0.4) is 0 Å². The Morgan fingerprint density at radius 3 is 2.15 bits per heavy atom. The number of alkyl halides is 3. The molecule has 0 saturated heterocycles. The molecule has 7 heteroatoms. The second-order valence-electron chi connectivity index (χ2n) is 2.22. The van der Waals surface area contributed by atoms with E-state index in [2.05, 4.69) is 0 Å². The van der Waals surface area contributed by atoms with Crippen LogP contribution in [-0.2, 0) is 9.59 Å². The van der Waals surface area contributed by atoms with Crippen molar-refractivity contribution in [1.82, 2.24) is 0 Å². The highest BCUT2D eigenvalue weighted by Crippen LogP contribution is 2.29. The molecular formula is C6H6ClF3O2S. The lowest BCUT2D eigenvalue weighted by Crippen LogP contribution is -2.22. The van der Waals surface area contributed by atoms with Crippen molar-refractivity contribution >= 4 is 33.7 Å². The summed E-state index contributed by atoms with van der Waals surface area (Å²) in [6.07, 6.45) is -5.86. The van der Waals surface area contributed by atoms with Crippen LogP contribution in [0.2, 0.25) is 0 Å². The summed E-state index contributed by atoms with van der Waals surface area (Å²) >= 11 is 5.18. The van der Waals surface area contributed by atoms with E-state index in [1.54, 1.807) is 0 Å². The number of hydrogen-bond donors (Lipinski definition) is 0. The van der Waals surface area contributed by atoms with Gasteiger partial charge in [-0.25, -0.2) is 0 Å². The fraction of sp³-hybridized carbons (Fsp3) is 0.667. The predicted octanol–water partition coefficient (Wildman–Crippen LogP) is 2.35. The van der Waals surface area contributed by atoms with Gasteiger partial charge in [-0.3, -0.25) is 9.59 Å². The van der Waals surface area contributed by atoms with Gasteiger partial charge in [-0.1, -0.05) is 11.8 Å². The molecule has 0 amide bonds. The lowest BCUT2D eigenvalue weighted by Gasteiger charge is -2.12. The topological polar surface area (TPSA) is 34.1 Å². The molecule has 76 valence electrons. The first kappa shape index (κ1) is 12.8. The molecular weight excluding hydrogens is 229 g/mol. The minimum atomic E-state index is -4.49. The fourth-order valence-electron chi connectivity index (χ4n) is 0.579. The zero-order chi connectivity index (χ0) is 10.6. The molecule has 0 heterocycles. The smallest absolute Gasteiger partial charge is 0.288 e. The second-order valence-corrected chi connectivity index (χ2v) is 3.97. The molecule has 0 bridgehead atoms. The van der Waals surface area contributed by atoms with Crippen LogP contribution in [0, 0.1) is 0 Å². The molecule has 0 aliphatic rings. The third kappa shape index (κ3) is 6.89. The summed E-state index contributed by atoms with van der Waals surface area (Å²) in [5.74, 6) is 0. The number of rotatable bonds is 3. The SMILES string of the molecule is CC(=O)SC(CC(F)(F)F)C(=O)Cl. The molecule has 0 aromatic carbocycles. The molecule has 0 fully saturated rings. The Hall–Kier alpha value is -0.230. The molecule has 0 saturated carbocycles. The highest BCUT2D eigenvalue weighted by atomic mass is 35.5. The molecule has 2 nitrogen and oxygen atoms in total. The van der Waals surface area contributed by atoms with Crippen LogP contribution in [0.5, 0.6) is 0 Å². The summed E-state index contributed by atoms with van der Waals surface area (Å²) in [7, 11) is 0. The van der Waals surface area contributed by atoms with Crippen molar-refractivity contribution in [2.75, 3.05) is 0 Å². The number of halogens is 4. The van der Waals surface area contributed by atoms with Crippen LogP contribution < -0.4 is 0 Å². The molecule has 0 aliphatic carbocycles. The lowest BCUT2D eigenvalue weighted by molar-refractivity contribution is -0.139. The maximum Gasteiger partial charge on any atom is 0.390 e. The summed E-state index contributed by atoms with van der Waals surface area (Å²) in [6.45, 7) is 1.08. The third-order valence-corrected chi connectivity index (χ3v) is 2.37. The van der Waals surface area contributed by atoms with Gasteiger partial charge < -0.3 is 0 Å². The standard InChI is InChI=1S/C6H6ClF3O2S/c1-3(11)13-4(5(7)12)2-6(8,9)10/h4H,2H2,1H3. The van der Waals surface area contributed by atoms with Crippen LogP contribution in [-0.4, -0.2) is 21.8 Å². The van der Waals surface area contributed by atoms with E-state index in [0.29, 0.717) is 11.8 Å². The zero-order valence-electron chi connectivity index (χ0n) is 6.52. The van der Waals surface area contributed by atoms with Crippen LogP contribution in [0.1, 0.15) is 13.3 Å². The van der Waals surface area contributed by atoms with Crippen LogP contribution in [0.4, 0.5) is 13.2 Å².